The van der Waals surface area contributed by atoms with Gasteiger partial charge in [-0.05, 0) is 30.2 Å². The third-order valence-corrected chi connectivity index (χ3v) is 28.4. The second-order valence-corrected chi connectivity index (χ2v) is 39.9. The first-order valence-electron chi connectivity index (χ1n) is 42.6. The highest BCUT2D eigenvalue weighted by Gasteiger charge is 2.52. The van der Waals surface area contributed by atoms with Crippen LogP contribution in [0.4, 0.5) is 29.6 Å². The number of hydrogen-bond acceptors (Lipinski definition) is 46. The third kappa shape index (κ3) is 21.6. The van der Waals surface area contributed by atoms with Crippen molar-refractivity contribution in [3.8, 4) is 5.75 Å². The number of benzene rings is 2. The Kier molecular flexibility index (Phi) is 27.4. The minimum Gasteiger partial charge on any atom is -0.489 e. The lowest BCUT2D eigenvalue weighted by molar-refractivity contribution is -0.0711. The molecule has 17 heterocycles. The number of fused-ring (bicyclic) bond motifs is 5. The number of aromatic amines is 5. The molecule has 0 aliphatic carbocycles. The van der Waals surface area contributed by atoms with E-state index in [9.17, 15) is 81.2 Å². The molecule has 752 valence electrons. The SMILES string of the molecule is Cc1cn([C@H]2C[C@H](OP(=O)(O)OC[C@H]3O[C@@H](n4cnc5c(=O)[nH]c(N)nc54)C[C@@H]3OP(=O)(O)OC[C@H]3O[C@@H](n4cnc5c(=O)[nH]c(N)nc54)C[C@@H]3OP(=O)(O)OC[C@H]3O[C@@H](n4cnc5c(=O)[nH]c(N)nc54)C[C@@H]3OP(=O)(O)OC[C@H]3OC(n4cnc5c(N)ncnc54)C[C@@H]3OP(=O)(O)OC[C@H]3O[C@@H](n4cnc5c(=O)[nH]c(N)nc54)C[C@@H]3O)[C@@H](COCc3ccc(OCc4ccccc4)cc3)O2)c(=O)[nH]c1=O. The lowest BCUT2D eigenvalue weighted by Gasteiger charge is -2.26. The average molecular weight is 2070 g/mol. The van der Waals surface area contributed by atoms with E-state index in [1.165, 1.54) is 39.5 Å². The summed E-state index contributed by atoms with van der Waals surface area (Å²) in [5.74, 6) is -0.900. The molecule has 67 heteroatoms. The van der Waals surface area contributed by atoms with Gasteiger partial charge in [-0.2, -0.15) is 19.9 Å². The highest BCUT2D eigenvalue weighted by molar-refractivity contribution is 7.48. The van der Waals surface area contributed by atoms with Crippen molar-refractivity contribution in [3.63, 3.8) is 0 Å². The molecule has 2 aromatic carbocycles. The molecule has 0 saturated carbocycles. The first kappa shape index (κ1) is 97.9. The first-order valence-corrected chi connectivity index (χ1v) is 50.1. The summed E-state index contributed by atoms with van der Waals surface area (Å²) < 4.78 is 186. The fourth-order valence-corrected chi connectivity index (χ4v) is 21.6. The number of aliphatic hydroxyl groups is 1. The van der Waals surface area contributed by atoms with Crippen molar-refractivity contribution < 1.29 is 136 Å². The van der Waals surface area contributed by atoms with Gasteiger partial charge in [0.1, 0.15) is 129 Å². The number of nitrogen functional groups attached to an aromatic ring is 5. The fraction of sp³-hybridized carbons (Fsp3) is 0.446. The molecule has 11 aromatic heterocycles. The average Bonchev–Trinajstić information content (AvgIpc) is 1.64. The predicted molar refractivity (Wildman–Crippen MR) is 473 cm³/mol. The monoisotopic (exact) mass is 2070 g/mol. The number of H-pyrrole nitrogens is 5. The van der Waals surface area contributed by atoms with Gasteiger partial charge in [0, 0.05) is 50.3 Å². The zero-order valence-electron chi connectivity index (χ0n) is 72.8. The van der Waals surface area contributed by atoms with Crippen LogP contribution < -0.4 is 66.9 Å². The highest BCUT2D eigenvalue weighted by atomic mass is 31.2. The van der Waals surface area contributed by atoms with Crippen LogP contribution in [0.3, 0.4) is 0 Å². The van der Waals surface area contributed by atoms with Crippen molar-refractivity contribution in [2.75, 3.05) is 68.3 Å². The van der Waals surface area contributed by atoms with Crippen molar-refractivity contribution in [3.05, 3.63) is 178 Å². The molecule has 62 nitrogen and oxygen atoms in total. The van der Waals surface area contributed by atoms with Crippen LogP contribution in [0.25, 0.3) is 55.8 Å². The molecule has 141 heavy (non-hydrogen) atoms. The minimum absolute atomic E-state index is 0.00159. The fourth-order valence-electron chi connectivity index (χ4n) is 16.8. The largest absolute Gasteiger partial charge is 0.489 e. The Morgan fingerprint density at radius 2 is 0.688 bits per heavy atom. The second-order valence-electron chi connectivity index (χ2n) is 32.9. The molecule has 0 bridgehead atoms. The lowest BCUT2D eigenvalue weighted by atomic mass is 10.2. The molecule has 21 N–H and O–H groups in total. The smallest absolute Gasteiger partial charge is 0.472 e. The normalized spacial score (nSPS) is 27.1. The summed E-state index contributed by atoms with van der Waals surface area (Å²) in [5.41, 5.74) is 25.5. The van der Waals surface area contributed by atoms with Gasteiger partial charge >= 0.3 is 44.8 Å². The topological polar surface area (TPSA) is 856 Å². The molecular formula is C74H86N27O35P5. The molecule has 6 saturated heterocycles. The van der Waals surface area contributed by atoms with Gasteiger partial charge in [0.05, 0.1) is 84.0 Å². The number of hydrogen-bond donors (Lipinski definition) is 16. The van der Waals surface area contributed by atoms with E-state index in [1.54, 1.807) is 24.3 Å². The molecule has 19 rings (SSSR count). The molecule has 6 aliphatic heterocycles. The molecule has 6 aliphatic rings. The summed E-state index contributed by atoms with van der Waals surface area (Å²) in [6, 6.07) is 16.5. The Balaban J connectivity index is 0.544. The van der Waals surface area contributed by atoms with Crippen molar-refractivity contribution in [2.45, 2.75) is 169 Å². The maximum atomic E-state index is 14.8. The van der Waals surface area contributed by atoms with Gasteiger partial charge in [-0.3, -0.25) is 122 Å². The third-order valence-electron chi connectivity index (χ3n) is 23.4. The number of phosphoric ester groups is 5. The van der Waals surface area contributed by atoms with Gasteiger partial charge in [-0.15, -0.1) is 0 Å². The number of nitrogens with two attached hydrogens (primary N) is 5. The Morgan fingerprint density at radius 3 is 1.06 bits per heavy atom. The Bertz CT molecular complexity index is 7530. The molecule has 0 radical (unpaired) electrons. The van der Waals surface area contributed by atoms with Crippen molar-refractivity contribution in [1.82, 2.24) is 107 Å². The van der Waals surface area contributed by atoms with E-state index in [0.29, 0.717) is 17.9 Å². The number of ether oxygens (including phenoxy) is 8. The Hall–Kier alpha value is -11.9. The molecule has 6 fully saturated rings. The maximum absolute atomic E-state index is 14.8. The van der Waals surface area contributed by atoms with Crippen molar-refractivity contribution in [2.24, 2.45) is 0 Å². The molecule has 6 unspecified atom stereocenters. The number of aliphatic hydroxyl groups excluding tert-OH is 1. The van der Waals surface area contributed by atoms with Crippen LogP contribution in [0, 0.1) is 6.92 Å². The summed E-state index contributed by atoms with van der Waals surface area (Å²) >= 11 is 0. The number of nitrogens with zero attached hydrogens (tertiary/aromatic N) is 17. The Labute approximate surface area is 785 Å². The number of anilines is 5. The summed E-state index contributed by atoms with van der Waals surface area (Å²) in [4.78, 5) is 193. The maximum Gasteiger partial charge on any atom is 0.472 e. The molecular weight excluding hydrogens is 1980 g/mol. The van der Waals surface area contributed by atoms with E-state index in [4.69, 9.17) is 112 Å². The van der Waals surface area contributed by atoms with E-state index in [1.807, 2.05) is 30.3 Å². The van der Waals surface area contributed by atoms with Gasteiger partial charge in [0.25, 0.3) is 27.8 Å². The Morgan fingerprint density at radius 1 is 0.369 bits per heavy atom. The first-order chi connectivity index (χ1) is 67.2. The van der Waals surface area contributed by atoms with E-state index >= 15 is 0 Å². The van der Waals surface area contributed by atoms with E-state index in [2.05, 4.69) is 79.7 Å². The number of imidazole rings is 5. The van der Waals surface area contributed by atoms with Crippen LogP contribution in [-0.4, -0.2) is 250 Å². The number of rotatable bonds is 38. The molecule has 0 spiro atoms. The predicted octanol–water partition coefficient (Wildman–Crippen LogP) is 0.521. The second kappa shape index (κ2) is 39.4. The number of aromatic nitrogens is 22. The number of nitrogens with one attached hydrogen (secondary N) is 5. The summed E-state index contributed by atoms with van der Waals surface area (Å²) in [6.07, 6.45) is -21.4. The molecule has 13 aromatic rings. The van der Waals surface area contributed by atoms with Crippen LogP contribution in [0.2, 0.25) is 0 Å². The van der Waals surface area contributed by atoms with Crippen molar-refractivity contribution >= 4 is 125 Å². The van der Waals surface area contributed by atoms with Crippen LogP contribution in [-0.2, 0) is 114 Å². The van der Waals surface area contributed by atoms with Crippen LogP contribution in [0.5, 0.6) is 5.75 Å². The zero-order chi connectivity index (χ0) is 99.0. The van der Waals surface area contributed by atoms with Gasteiger partial charge in [-0.1, -0.05) is 42.5 Å². The van der Waals surface area contributed by atoms with E-state index in [-0.39, 0.29) is 112 Å². The van der Waals surface area contributed by atoms with Gasteiger partial charge in [0.2, 0.25) is 23.8 Å². The summed E-state index contributed by atoms with van der Waals surface area (Å²) in [7, 11) is -27.7. The quantitative estimate of drug-likeness (QED) is 0.0235. The van der Waals surface area contributed by atoms with Crippen molar-refractivity contribution in [1.29, 1.82) is 0 Å². The standard InChI is InChI=1S/C74H86N27O35P5/c1-32-17-96(74(108)95-65(32)103)49-12-37(43(127-49)20-119-18-34-7-9-35(10-8-34)120-19-33-5-3-2-4-6-33)132-138(111,112)122-23-45-39(14-51(129-45)99-29-84-56-62(99)88-71(77)92-67(56)105)135-140(115,116)124-25-47-41(16-53(131-47)101-31-86-58-64(101)90-73(79)94-69(58)107)136-141(117,118)125-24-46-40(15-52(130-46)100-30-85-57-63(100)89-72(78)93-68(57)106)134-139(113,114)123-22-44-38(13-50(128-44)97-27-82-54-59(75)80-26-81-60(54)97)133-137(109,110)121-21-42-36(102)11-48(126-42)98-28-83-55-61(98)87-70(76)91-66(55)104/h2-10,17,26-31,36-53,102H,11-16,18-25H2,1H3,(H,109,110)(H,111,112)(H,113,114)(H,115,116)(H,117,118)(H2,75,80,81)(H,95,103,108)(H3,76,87,91,104)(H3,77,88,92,105)(H3,78,89,93,106)(H3,79,90,94,107)/t36-,37-,38-,39-,40-,41-,42+,43+,44+,45+,46+,47+,48+,49+,50?,51+,52+,53+/m0/s1. The van der Waals surface area contributed by atoms with Gasteiger partial charge in [-0.25, -0.2) is 62.5 Å². The van der Waals surface area contributed by atoms with E-state index in [0.717, 1.165) is 44.6 Å². The van der Waals surface area contributed by atoms with Crippen LogP contribution in [0.15, 0.2) is 128 Å². The number of phosphoric acid groups is 5. The molecule has 0 amide bonds. The zero-order valence-corrected chi connectivity index (χ0v) is 77.2. The van der Waals surface area contributed by atoms with Crippen LogP contribution in [0.1, 0.15) is 92.6 Å². The number of aryl methyl sites for hydroxylation is 1. The lowest BCUT2D eigenvalue weighted by Crippen LogP contribution is -2.33. The summed E-state index contributed by atoms with van der Waals surface area (Å²) in [5, 5.41) is 11.1. The highest BCUT2D eigenvalue weighted by Crippen LogP contribution is 2.57. The molecule has 23 atom stereocenters. The van der Waals surface area contributed by atoms with Crippen LogP contribution >= 0.6 is 39.1 Å². The van der Waals surface area contributed by atoms with Gasteiger partial charge in [0.15, 0.2) is 56.1 Å². The minimum atomic E-state index is -5.70. The van der Waals surface area contributed by atoms with E-state index < -0.39 is 247 Å². The summed E-state index contributed by atoms with van der Waals surface area (Å²) in [6.45, 7) is -3.73. The van der Waals surface area contributed by atoms with Gasteiger partial charge < -0.3 is 96.1 Å².